The van der Waals surface area contributed by atoms with Gasteiger partial charge in [-0.2, -0.15) is 0 Å². The number of carbonyl (C=O) groups excluding carboxylic acids is 1. The molecule has 2 atom stereocenters. The van der Waals surface area contributed by atoms with E-state index in [-0.39, 0.29) is 12.1 Å². The highest BCUT2D eigenvalue weighted by molar-refractivity contribution is 7.09. The van der Waals surface area contributed by atoms with Crippen molar-refractivity contribution in [3.63, 3.8) is 0 Å². The van der Waals surface area contributed by atoms with Crippen molar-refractivity contribution in [2.75, 3.05) is 0 Å². The predicted molar refractivity (Wildman–Crippen MR) is 88.4 cm³/mol. The van der Waals surface area contributed by atoms with E-state index in [4.69, 9.17) is 0 Å². The molecule has 0 aliphatic heterocycles. The number of aromatic nitrogens is 1. The first-order chi connectivity index (χ1) is 11.2. The van der Waals surface area contributed by atoms with Crippen LogP contribution in [-0.4, -0.2) is 22.2 Å². The number of thiazole rings is 1. The van der Waals surface area contributed by atoms with Crippen LogP contribution in [0.15, 0.2) is 29.6 Å². The highest BCUT2D eigenvalue weighted by Gasteiger charge is 2.32. The number of urea groups is 1. The summed E-state index contributed by atoms with van der Waals surface area (Å²) in [5, 5.41) is 18.9. The van der Waals surface area contributed by atoms with Crippen molar-refractivity contribution >= 4 is 17.4 Å². The highest BCUT2D eigenvalue weighted by atomic mass is 32.1. The third kappa shape index (κ3) is 3.09. The van der Waals surface area contributed by atoms with Crippen LogP contribution >= 0.6 is 11.3 Å². The van der Waals surface area contributed by atoms with Gasteiger partial charge in [-0.15, -0.1) is 11.3 Å². The maximum atomic E-state index is 12.1. The summed E-state index contributed by atoms with van der Waals surface area (Å²) in [6.45, 7) is 0.424. The van der Waals surface area contributed by atoms with Gasteiger partial charge in [-0.25, -0.2) is 9.78 Å². The number of amides is 2. The zero-order chi connectivity index (χ0) is 15.8. The number of carbonyl (C=O) groups is 1. The Kier molecular flexibility index (Phi) is 3.79. The summed E-state index contributed by atoms with van der Waals surface area (Å²) in [4.78, 5) is 16.7. The van der Waals surface area contributed by atoms with Gasteiger partial charge in [-0.05, 0) is 24.0 Å². The predicted octanol–water partition coefficient (Wildman–Crippen LogP) is 2.48. The van der Waals surface area contributed by atoms with Gasteiger partial charge in [0.2, 0.25) is 0 Å². The SMILES string of the molecule is O=C(NCc1nc(C2CC2)cs1)NC1c2ccccc2CC1O. The maximum absolute atomic E-state index is 12.1. The average molecular weight is 329 g/mol. The third-order valence-electron chi connectivity index (χ3n) is 4.46. The molecule has 6 heteroatoms. The number of nitrogens with zero attached hydrogens (tertiary/aromatic N) is 1. The smallest absolute Gasteiger partial charge is 0.315 e. The van der Waals surface area contributed by atoms with Gasteiger partial charge in [0.15, 0.2) is 0 Å². The minimum absolute atomic E-state index is 0.270. The van der Waals surface area contributed by atoms with E-state index in [1.54, 1.807) is 11.3 Å². The number of benzene rings is 1. The third-order valence-corrected chi connectivity index (χ3v) is 5.32. The van der Waals surface area contributed by atoms with Crippen molar-refractivity contribution in [1.29, 1.82) is 0 Å². The molecule has 3 N–H and O–H groups in total. The maximum Gasteiger partial charge on any atom is 0.315 e. The molecule has 0 spiro atoms. The second kappa shape index (κ2) is 5.94. The largest absolute Gasteiger partial charge is 0.390 e. The Bertz CT molecular complexity index is 726. The molecular formula is C17H19N3O2S. The molecule has 1 fully saturated rings. The minimum Gasteiger partial charge on any atom is -0.390 e. The van der Waals surface area contributed by atoms with Gasteiger partial charge >= 0.3 is 6.03 Å². The van der Waals surface area contributed by atoms with Crippen LogP contribution in [0, 0.1) is 0 Å². The van der Waals surface area contributed by atoms with Crippen LogP contribution < -0.4 is 10.6 Å². The van der Waals surface area contributed by atoms with Crippen molar-refractivity contribution in [2.24, 2.45) is 0 Å². The zero-order valence-electron chi connectivity index (χ0n) is 12.7. The normalized spacial score (nSPS) is 22.7. The number of nitrogens with one attached hydrogen (secondary N) is 2. The van der Waals surface area contributed by atoms with Crippen LogP contribution in [0.5, 0.6) is 0 Å². The molecule has 0 radical (unpaired) electrons. The lowest BCUT2D eigenvalue weighted by atomic mass is 10.1. The molecule has 4 rings (SSSR count). The van der Waals surface area contributed by atoms with Gasteiger partial charge in [0.25, 0.3) is 0 Å². The second-order valence-corrected chi connectivity index (χ2v) is 7.16. The van der Waals surface area contributed by atoms with E-state index in [9.17, 15) is 9.90 Å². The summed E-state index contributed by atoms with van der Waals surface area (Å²) in [6.07, 6.45) is 2.48. The molecule has 2 aromatic rings. The molecule has 1 aromatic carbocycles. The molecule has 2 unspecified atom stereocenters. The Balaban J connectivity index is 1.34. The van der Waals surface area contributed by atoms with Crippen molar-refractivity contribution in [2.45, 2.75) is 43.9 Å². The molecule has 120 valence electrons. The van der Waals surface area contributed by atoms with Gasteiger partial charge in [-0.3, -0.25) is 0 Å². The first-order valence-corrected chi connectivity index (χ1v) is 8.83. The Morgan fingerprint density at radius 1 is 1.35 bits per heavy atom. The number of aliphatic hydroxyl groups excluding tert-OH is 1. The molecule has 1 saturated carbocycles. The Hall–Kier alpha value is -1.92. The fraction of sp³-hybridized carbons (Fsp3) is 0.412. The second-order valence-electron chi connectivity index (χ2n) is 6.22. The van der Waals surface area contributed by atoms with E-state index in [2.05, 4.69) is 21.0 Å². The van der Waals surface area contributed by atoms with Crippen molar-refractivity contribution < 1.29 is 9.90 Å². The van der Waals surface area contributed by atoms with Crippen LogP contribution in [0.2, 0.25) is 0 Å². The molecule has 23 heavy (non-hydrogen) atoms. The summed E-state index contributed by atoms with van der Waals surface area (Å²) < 4.78 is 0. The molecule has 0 saturated heterocycles. The van der Waals surface area contributed by atoms with E-state index in [1.165, 1.54) is 12.8 Å². The van der Waals surface area contributed by atoms with Gasteiger partial charge in [0.05, 0.1) is 24.4 Å². The lowest BCUT2D eigenvalue weighted by molar-refractivity contribution is 0.142. The number of fused-ring (bicyclic) bond motifs is 1. The van der Waals surface area contributed by atoms with E-state index in [0.717, 1.165) is 21.8 Å². The van der Waals surface area contributed by atoms with Gasteiger partial charge in [0.1, 0.15) is 5.01 Å². The van der Waals surface area contributed by atoms with E-state index >= 15 is 0 Å². The average Bonchev–Trinajstić information content (AvgIpc) is 3.21. The Labute approximate surface area is 138 Å². The van der Waals surface area contributed by atoms with Crippen LogP contribution in [0.25, 0.3) is 0 Å². The van der Waals surface area contributed by atoms with E-state index in [0.29, 0.717) is 18.9 Å². The number of aliphatic hydroxyl groups is 1. The summed E-state index contributed by atoms with van der Waals surface area (Å²) in [5.74, 6) is 0.638. The quantitative estimate of drug-likeness (QED) is 0.807. The molecular weight excluding hydrogens is 310 g/mol. The lowest BCUT2D eigenvalue weighted by Crippen LogP contribution is -2.40. The zero-order valence-corrected chi connectivity index (χ0v) is 13.5. The standard InChI is InChI=1S/C17H19N3O2S/c21-14-7-11-3-1-2-4-12(11)16(14)20-17(22)18-8-15-19-13(9-23-15)10-5-6-10/h1-4,9-10,14,16,21H,5-8H2,(H2,18,20,22). The highest BCUT2D eigenvalue weighted by Crippen LogP contribution is 2.40. The lowest BCUT2D eigenvalue weighted by Gasteiger charge is -2.18. The van der Waals surface area contributed by atoms with E-state index in [1.807, 2.05) is 24.3 Å². The Morgan fingerprint density at radius 3 is 3.00 bits per heavy atom. The molecule has 2 aliphatic rings. The number of rotatable bonds is 4. The first-order valence-electron chi connectivity index (χ1n) is 7.95. The molecule has 1 aromatic heterocycles. The van der Waals surface area contributed by atoms with Crippen LogP contribution in [0.1, 0.15) is 46.6 Å². The topological polar surface area (TPSA) is 74.2 Å². The summed E-state index contributed by atoms with van der Waals surface area (Å²) in [6, 6.07) is 7.22. The molecule has 0 bridgehead atoms. The molecule has 1 heterocycles. The van der Waals surface area contributed by atoms with Gasteiger partial charge in [0, 0.05) is 17.7 Å². The fourth-order valence-electron chi connectivity index (χ4n) is 3.07. The van der Waals surface area contributed by atoms with Gasteiger partial charge in [-0.1, -0.05) is 24.3 Å². The first kappa shape index (κ1) is 14.7. The summed E-state index contributed by atoms with van der Waals surface area (Å²) >= 11 is 1.59. The summed E-state index contributed by atoms with van der Waals surface area (Å²) in [5.41, 5.74) is 3.26. The van der Waals surface area contributed by atoms with Crippen LogP contribution in [0.3, 0.4) is 0 Å². The van der Waals surface area contributed by atoms with Crippen molar-refractivity contribution in [3.8, 4) is 0 Å². The Morgan fingerprint density at radius 2 is 2.17 bits per heavy atom. The van der Waals surface area contributed by atoms with Crippen molar-refractivity contribution in [1.82, 2.24) is 15.6 Å². The van der Waals surface area contributed by atoms with E-state index < -0.39 is 6.10 Å². The van der Waals surface area contributed by atoms with Crippen molar-refractivity contribution in [3.05, 3.63) is 51.5 Å². The molecule has 2 amide bonds. The van der Waals surface area contributed by atoms with Crippen LogP contribution in [0.4, 0.5) is 4.79 Å². The van der Waals surface area contributed by atoms with Gasteiger partial charge < -0.3 is 15.7 Å². The fourth-order valence-corrected chi connectivity index (χ4v) is 3.88. The minimum atomic E-state index is -0.570. The molecule has 5 nitrogen and oxygen atoms in total. The monoisotopic (exact) mass is 329 g/mol. The number of hydrogen-bond donors (Lipinski definition) is 3. The summed E-state index contributed by atoms with van der Waals surface area (Å²) in [7, 11) is 0. The molecule has 2 aliphatic carbocycles. The number of hydrogen-bond acceptors (Lipinski definition) is 4. The van der Waals surface area contributed by atoms with Crippen LogP contribution in [-0.2, 0) is 13.0 Å².